The lowest BCUT2D eigenvalue weighted by molar-refractivity contribution is 0.272. The molecule has 0 atom stereocenters. The molecular formula is C16H40N4. The van der Waals surface area contributed by atoms with Gasteiger partial charge in [0.2, 0.25) is 0 Å². The van der Waals surface area contributed by atoms with Gasteiger partial charge in [-0.25, -0.2) is 0 Å². The smallest absolute Gasteiger partial charge is 0.0105 e. The molecule has 0 aliphatic heterocycles. The first-order valence-corrected chi connectivity index (χ1v) is 8.19. The lowest BCUT2D eigenvalue weighted by Gasteiger charge is -2.20. The first-order valence-electron chi connectivity index (χ1n) is 8.19. The standard InChI is InChI=1S/C10H24N2.C6H16N2/c1-3-5-8-12(10-7-11)9-6-4-2;1-7(2)5-6-8(3)4/h3-11H2,1-2H3;5-6H2,1-4H3. The van der Waals surface area contributed by atoms with Crippen molar-refractivity contribution >= 4 is 0 Å². The molecule has 4 nitrogen and oxygen atoms in total. The molecule has 0 rings (SSSR count). The maximum Gasteiger partial charge on any atom is 0.0105 e. The highest BCUT2D eigenvalue weighted by Crippen LogP contribution is 1.97. The summed E-state index contributed by atoms with van der Waals surface area (Å²) in [5, 5.41) is 0. The number of hydrogen-bond donors (Lipinski definition) is 1. The maximum atomic E-state index is 5.53. The molecule has 0 aliphatic carbocycles. The second-order valence-corrected chi connectivity index (χ2v) is 5.94. The Kier molecular flexibility index (Phi) is 18.7. The Morgan fingerprint density at radius 1 is 0.650 bits per heavy atom. The van der Waals surface area contributed by atoms with Gasteiger partial charge in [0.25, 0.3) is 0 Å². The third-order valence-electron chi connectivity index (χ3n) is 3.10. The highest BCUT2D eigenvalue weighted by molar-refractivity contribution is 4.57. The molecule has 0 aliphatic rings. The van der Waals surface area contributed by atoms with E-state index < -0.39 is 0 Å². The molecule has 0 bridgehead atoms. The van der Waals surface area contributed by atoms with Crippen molar-refractivity contribution < 1.29 is 0 Å². The van der Waals surface area contributed by atoms with Crippen LogP contribution in [0.3, 0.4) is 0 Å². The van der Waals surface area contributed by atoms with E-state index in [0.717, 1.165) is 26.2 Å². The number of hydrogen-bond acceptors (Lipinski definition) is 4. The van der Waals surface area contributed by atoms with Crippen molar-refractivity contribution in [3.8, 4) is 0 Å². The Balaban J connectivity index is 0. The van der Waals surface area contributed by atoms with Crippen LogP contribution in [0, 0.1) is 0 Å². The lowest BCUT2D eigenvalue weighted by Crippen LogP contribution is -2.31. The van der Waals surface area contributed by atoms with Crippen LogP contribution in [0.15, 0.2) is 0 Å². The monoisotopic (exact) mass is 288 g/mol. The summed E-state index contributed by atoms with van der Waals surface area (Å²) < 4.78 is 0. The maximum absolute atomic E-state index is 5.53. The van der Waals surface area contributed by atoms with Gasteiger partial charge in [-0.1, -0.05) is 26.7 Å². The molecule has 0 saturated heterocycles. The van der Waals surface area contributed by atoms with Crippen LogP contribution in [-0.4, -0.2) is 82.2 Å². The van der Waals surface area contributed by atoms with Gasteiger partial charge in [-0.05, 0) is 54.1 Å². The Hall–Kier alpha value is -0.160. The Labute approximate surface area is 128 Å². The van der Waals surface area contributed by atoms with E-state index in [4.69, 9.17) is 5.73 Å². The molecule has 0 amide bonds. The van der Waals surface area contributed by atoms with Gasteiger partial charge in [0.1, 0.15) is 0 Å². The SMILES string of the molecule is CCCCN(CCN)CCCC.CN(C)CCN(C)C. The zero-order valence-corrected chi connectivity index (χ0v) is 15.0. The fourth-order valence-electron chi connectivity index (χ4n) is 1.68. The molecule has 0 aromatic carbocycles. The van der Waals surface area contributed by atoms with Gasteiger partial charge in [-0.2, -0.15) is 0 Å². The summed E-state index contributed by atoms with van der Waals surface area (Å²) in [5.41, 5.74) is 5.53. The third kappa shape index (κ3) is 20.2. The highest BCUT2D eigenvalue weighted by atomic mass is 15.1. The van der Waals surface area contributed by atoms with E-state index in [1.165, 1.54) is 38.8 Å². The van der Waals surface area contributed by atoms with E-state index in [9.17, 15) is 0 Å². The lowest BCUT2D eigenvalue weighted by atomic mass is 10.2. The summed E-state index contributed by atoms with van der Waals surface area (Å²) in [6.07, 6.45) is 5.19. The third-order valence-corrected chi connectivity index (χ3v) is 3.10. The summed E-state index contributed by atoms with van der Waals surface area (Å²) in [6, 6.07) is 0. The van der Waals surface area contributed by atoms with Crippen LogP contribution in [0.25, 0.3) is 0 Å². The van der Waals surface area contributed by atoms with Crippen molar-refractivity contribution in [3.05, 3.63) is 0 Å². The van der Waals surface area contributed by atoms with E-state index in [1.54, 1.807) is 0 Å². The quantitative estimate of drug-likeness (QED) is 0.630. The van der Waals surface area contributed by atoms with Gasteiger partial charge in [0.05, 0.1) is 0 Å². The van der Waals surface area contributed by atoms with Crippen molar-refractivity contribution in [1.29, 1.82) is 0 Å². The highest BCUT2D eigenvalue weighted by Gasteiger charge is 2.00. The molecule has 0 fully saturated rings. The summed E-state index contributed by atoms with van der Waals surface area (Å²) in [5.74, 6) is 0. The molecule has 0 aromatic rings. The zero-order chi connectivity index (χ0) is 15.8. The normalized spacial score (nSPS) is 11.1. The van der Waals surface area contributed by atoms with Crippen molar-refractivity contribution in [3.63, 3.8) is 0 Å². The van der Waals surface area contributed by atoms with Crippen molar-refractivity contribution in [1.82, 2.24) is 14.7 Å². The Morgan fingerprint density at radius 2 is 1.05 bits per heavy atom. The minimum Gasteiger partial charge on any atom is -0.329 e. The predicted molar refractivity (Wildman–Crippen MR) is 92.4 cm³/mol. The van der Waals surface area contributed by atoms with Gasteiger partial charge in [0, 0.05) is 26.2 Å². The summed E-state index contributed by atoms with van der Waals surface area (Å²) >= 11 is 0. The van der Waals surface area contributed by atoms with E-state index in [-0.39, 0.29) is 0 Å². The van der Waals surface area contributed by atoms with Gasteiger partial charge in [0.15, 0.2) is 0 Å². The number of rotatable bonds is 11. The molecule has 0 aromatic heterocycles. The van der Waals surface area contributed by atoms with E-state index in [2.05, 4.69) is 56.7 Å². The van der Waals surface area contributed by atoms with Gasteiger partial charge in [-0.15, -0.1) is 0 Å². The fraction of sp³-hybridized carbons (Fsp3) is 1.00. The van der Waals surface area contributed by atoms with Crippen LogP contribution in [0.5, 0.6) is 0 Å². The minimum atomic E-state index is 0.799. The summed E-state index contributed by atoms with van der Waals surface area (Å²) in [7, 11) is 8.35. The van der Waals surface area contributed by atoms with Gasteiger partial charge < -0.3 is 20.4 Å². The van der Waals surface area contributed by atoms with Crippen molar-refractivity contribution in [2.45, 2.75) is 39.5 Å². The summed E-state index contributed by atoms with van der Waals surface area (Å²) in [4.78, 5) is 6.84. The number of nitrogens with zero attached hydrogens (tertiary/aromatic N) is 3. The van der Waals surface area contributed by atoms with Crippen LogP contribution in [0.4, 0.5) is 0 Å². The van der Waals surface area contributed by atoms with Crippen LogP contribution < -0.4 is 5.73 Å². The molecule has 0 radical (unpaired) electrons. The van der Waals surface area contributed by atoms with Gasteiger partial charge in [-0.3, -0.25) is 0 Å². The Bertz CT molecular complexity index is 156. The largest absolute Gasteiger partial charge is 0.329 e. The fourth-order valence-corrected chi connectivity index (χ4v) is 1.68. The van der Waals surface area contributed by atoms with Crippen molar-refractivity contribution in [2.24, 2.45) is 5.73 Å². The summed E-state index contributed by atoms with van der Waals surface area (Å²) in [6.45, 7) is 11.1. The van der Waals surface area contributed by atoms with Gasteiger partial charge >= 0.3 is 0 Å². The molecule has 0 heterocycles. The molecular weight excluding hydrogens is 248 g/mol. The van der Waals surface area contributed by atoms with Crippen LogP contribution in [0.2, 0.25) is 0 Å². The molecule has 0 saturated carbocycles. The van der Waals surface area contributed by atoms with Crippen LogP contribution >= 0.6 is 0 Å². The van der Waals surface area contributed by atoms with E-state index in [1.807, 2.05) is 0 Å². The number of likely N-dealkylation sites (N-methyl/N-ethyl adjacent to an activating group) is 2. The minimum absolute atomic E-state index is 0.799. The van der Waals surface area contributed by atoms with Crippen molar-refractivity contribution in [2.75, 3.05) is 67.5 Å². The topological polar surface area (TPSA) is 35.7 Å². The first-order chi connectivity index (χ1) is 9.47. The molecule has 20 heavy (non-hydrogen) atoms. The molecule has 124 valence electrons. The average Bonchev–Trinajstić information content (AvgIpc) is 2.40. The number of nitrogens with two attached hydrogens (primary N) is 1. The second-order valence-electron chi connectivity index (χ2n) is 5.94. The molecule has 4 heteroatoms. The van der Waals surface area contributed by atoms with E-state index in [0.29, 0.717) is 0 Å². The van der Waals surface area contributed by atoms with Crippen LogP contribution in [-0.2, 0) is 0 Å². The van der Waals surface area contributed by atoms with Crippen LogP contribution in [0.1, 0.15) is 39.5 Å². The molecule has 0 spiro atoms. The first kappa shape index (κ1) is 22.1. The number of unbranched alkanes of at least 4 members (excludes halogenated alkanes) is 2. The average molecular weight is 289 g/mol. The van der Waals surface area contributed by atoms with E-state index >= 15 is 0 Å². The molecule has 0 unspecified atom stereocenters. The predicted octanol–water partition coefficient (Wildman–Crippen LogP) is 1.96. The Morgan fingerprint density at radius 3 is 1.30 bits per heavy atom. The zero-order valence-electron chi connectivity index (χ0n) is 15.0. The molecule has 2 N–H and O–H groups in total. The second kappa shape index (κ2) is 16.9.